The Balaban J connectivity index is 0.00000289. The van der Waals surface area contributed by atoms with Crippen molar-refractivity contribution in [1.82, 2.24) is 4.72 Å². The van der Waals surface area contributed by atoms with E-state index in [0.29, 0.717) is 4.47 Å². The third-order valence-electron chi connectivity index (χ3n) is 1.90. The molecule has 0 saturated heterocycles. The van der Waals surface area contributed by atoms with Gasteiger partial charge in [0, 0.05) is 16.6 Å². The fourth-order valence-electron chi connectivity index (χ4n) is 1.04. The average Bonchev–Trinajstić information content (AvgIpc) is 2.18. The van der Waals surface area contributed by atoms with Gasteiger partial charge in [0.2, 0.25) is 10.0 Å². The van der Waals surface area contributed by atoms with Crippen LogP contribution in [-0.2, 0) is 10.0 Å². The molecular weight excluding hydrogens is 347 g/mol. The molecule has 1 rings (SSSR count). The second-order valence-corrected chi connectivity index (χ2v) is 7.04. The van der Waals surface area contributed by atoms with Gasteiger partial charge in [0.05, 0.1) is 0 Å². The number of hydrogen-bond acceptors (Lipinski definition) is 3. The standard InChI is InChI=1S/C10H14BrFN2O2S.ClH/c1-10(2,13)6-14-17(15,16)9-5-7(11)3-4-8(9)12;/h3-5,14H,6,13H2,1-2H3;1H. The lowest BCUT2D eigenvalue weighted by Crippen LogP contribution is -2.45. The van der Waals surface area contributed by atoms with Crippen LogP contribution < -0.4 is 10.5 Å². The maximum atomic E-state index is 13.4. The average molecular weight is 362 g/mol. The number of hydrogen-bond donors (Lipinski definition) is 2. The molecule has 0 radical (unpaired) electrons. The second kappa shape index (κ2) is 6.29. The molecule has 0 fully saturated rings. The molecule has 1 aromatic carbocycles. The van der Waals surface area contributed by atoms with Crippen molar-refractivity contribution in [3.05, 3.63) is 28.5 Å². The SMILES string of the molecule is CC(C)(N)CNS(=O)(=O)c1cc(Br)ccc1F.Cl. The van der Waals surface area contributed by atoms with E-state index in [9.17, 15) is 12.8 Å². The first-order valence-electron chi connectivity index (χ1n) is 4.85. The summed E-state index contributed by atoms with van der Waals surface area (Å²) in [5, 5.41) is 0. The van der Waals surface area contributed by atoms with Crippen molar-refractivity contribution in [3.63, 3.8) is 0 Å². The van der Waals surface area contributed by atoms with Gasteiger partial charge in [-0.15, -0.1) is 12.4 Å². The van der Waals surface area contributed by atoms with E-state index in [1.54, 1.807) is 13.8 Å². The summed E-state index contributed by atoms with van der Waals surface area (Å²) >= 11 is 3.10. The van der Waals surface area contributed by atoms with Gasteiger partial charge in [-0.25, -0.2) is 17.5 Å². The number of benzene rings is 1. The second-order valence-electron chi connectivity index (χ2n) is 4.39. The molecule has 3 N–H and O–H groups in total. The molecule has 0 aliphatic carbocycles. The van der Waals surface area contributed by atoms with Crippen molar-refractivity contribution in [2.75, 3.05) is 6.54 Å². The van der Waals surface area contributed by atoms with Gasteiger partial charge >= 0.3 is 0 Å². The lowest BCUT2D eigenvalue weighted by molar-refractivity contribution is 0.494. The Bertz CT molecular complexity index is 517. The minimum absolute atomic E-state index is 0. The number of halogens is 3. The van der Waals surface area contributed by atoms with Crippen LogP contribution >= 0.6 is 28.3 Å². The number of sulfonamides is 1. The van der Waals surface area contributed by atoms with Gasteiger partial charge in [0.15, 0.2) is 0 Å². The van der Waals surface area contributed by atoms with Gasteiger partial charge in [-0.1, -0.05) is 15.9 Å². The molecule has 0 bridgehead atoms. The third kappa shape index (κ3) is 5.19. The van der Waals surface area contributed by atoms with Crippen molar-refractivity contribution in [1.29, 1.82) is 0 Å². The predicted octanol–water partition coefficient (Wildman–Crippen LogP) is 2.03. The highest BCUT2D eigenvalue weighted by atomic mass is 79.9. The molecule has 0 unspecified atom stereocenters. The summed E-state index contributed by atoms with van der Waals surface area (Å²) in [6.45, 7) is 3.38. The van der Waals surface area contributed by atoms with Crippen LogP contribution in [-0.4, -0.2) is 20.5 Å². The van der Waals surface area contributed by atoms with Gasteiger partial charge in [-0.2, -0.15) is 0 Å². The zero-order valence-corrected chi connectivity index (χ0v) is 13.1. The largest absolute Gasteiger partial charge is 0.324 e. The number of rotatable bonds is 4. The van der Waals surface area contributed by atoms with Gasteiger partial charge in [-0.05, 0) is 32.0 Å². The Kier molecular flexibility index (Phi) is 6.22. The Hall–Kier alpha value is -0.210. The van der Waals surface area contributed by atoms with Crippen molar-refractivity contribution in [2.45, 2.75) is 24.3 Å². The minimum Gasteiger partial charge on any atom is -0.324 e. The van der Waals surface area contributed by atoms with E-state index in [1.165, 1.54) is 12.1 Å². The summed E-state index contributed by atoms with van der Waals surface area (Å²) < 4.78 is 39.8. The molecule has 8 heteroatoms. The van der Waals surface area contributed by atoms with Crippen LogP contribution in [0.3, 0.4) is 0 Å². The van der Waals surface area contributed by atoms with E-state index in [-0.39, 0.29) is 19.0 Å². The normalized spacial score (nSPS) is 12.1. The van der Waals surface area contributed by atoms with Gasteiger partial charge < -0.3 is 5.73 Å². The van der Waals surface area contributed by atoms with Crippen LogP contribution in [0.25, 0.3) is 0 Å². The Morgan fingerprint density at radius 2 is 2.00 bits per heavy atom. The molecular formula is C10H15BrClFN2O2S. The molecule has 0 aromatic heterocycles. The topological polar surface area (TPSA) is 72.2 Å². The summed E-state index contributed by atoms with van der Waals surface area (Å²) in [5.41, 5.74) is 4.96. The Labute approximate surface area is 121 Å². The predicted molar refractivity (Wildman–Crippen MR) is 74.8 cm³/mol. The lowest BCUT2D eigenvalue weighted by Gasteiger charge is -2.19. The van der Waals surface area contributed by atoms with Crippen LogP contribution in [0.5, 0.6) is 0 Å². The lowest BCUT2D eigenvalue weighted by atomic mass is 10.1. The number of nitrogens with one attached hydrogen (secondary N) is 1. The van der Waals surface area contributed by atoms with Crippen molar-refractivity contribution in [3.8, 4) is 0 Å². The first-order chi connectivity index (χ1) is 7.62. The molecule has 0 aliphatic rings. The summed E-state index contributed by atoms with van der Waals surface area (Å²) in [5.74, 6) is -0.796. The highest BCUT2D eigenvalue weighted by Gasteiger charge is 2.22. The minimum atomic E-state index is -3.88. The summed E-state index contributed by atoms with van der Waals surface area (Å²) in [4.78, 5) is -0.392. The van der Waals surface area contributed by atoms with Crippen LogP contribution in [0.4, 0.5) is 4.39 Å². The molecule has 18 heavy (non-hydrogen) atoms. The van der Waals surface area contributed by atoms with E-state index in [1.807, 2.05) is 0 Å². The van der Waals surface area contributed by atoms with Crippen LogP contribution in [0.1, 0.15) is 13.8 Å². The van der Waals surface area contributed by atoms with Gasteiger partial charge in [0.1, 0.15) is 10.7 Å². The summed E-state index contributed by atoms with van der Waals surface area (Å²) in [7, 11) is -3.88. The highest BCUT2D eigenvalue weighted by molar-refractivity contribution is 9.10. The summed E-state index contributed by atoms with van der Waals surface area (Å²) in [6, 6.07) is 3.73. The van der Waals surface area contributed by atoms with Gasteiger partial charge in [-0.3, -0.25) is 0 Å². The molecule has 104 valence electrons. The Morgan fingerprint density at radius 3 is 2.50 bits per heavy atom. The van der Waals surface area contributed by atoms with Crippen molar-refractivity contribution < 1.29 is 12.8 Å². The molecule has 0 heterocycles. The van der Waals surface area contributed by atoms with Crippen LogP contribution in [0, 0.1) is 5.82 Å². The molecule has 0 aliphatic heterocycles. The first-order valence-corrected chi connectivity index (χ1v) is 7.13. The zero-order chi connectivity index (χ0) is 13.3. The van der Waals surface area contributed by atoms with Gasteiger partial charge in [0.25, 0.3) is 0 Å². The molecule has 4 nitrogen and oxygen atoms in total. The molecule has 1 aromatic rings. The molecule has 0 atom stereocenters. The van der Waals surface area contributed by atoms with Crippen LogP contribution in [0.2, 0.25) is 0 Å². The van der Waals surface area contributed by atoms with E-state index in [2.05, 4.69) is 20.7 Å². The molecule has 0 spiro atoms. The first kappa shape index (κ1) is 17.8. The molecule has 0 saturated carbocycles. The van der Waals surface area contributed by atoms with E-state index in [4.69, 9.17) is 5.73 Å². The number of nitrogens with two attached hydrogens (primary N) is 1. The molecule has 0 amide bonds. The highest BCUT2D eigenvalue weighted by Crippen LogP contribution is 2.19. The quantitative estimate of drug-likeness (QED) is 0.862. The monoisotopic (exact) mass is 360 g/mol. The third-order valence-corrected chi connectivity index (χ3v) is 3.81. The zero-order valence-electron chi connectivity index (χ0n) is 9.91. The van der Waals surface area contributed by atoms with E-state index >= 15 is 0 Å². The van der Waals surface area contributed by atoms with Crippen molar-refractivity contribution in [2.24, 2.45) is 5.73 Å². The van der Waals surface area contributed by atoms with E-state index in [0.717, 1.165) is 6.07 Å². The van der Waals surface area contributed by atoms with Crippen LogP contribution in [0.15, 0.2) is 27.6 Å². The fraction of sp³-hybridized carbons (Fsp3) is 0.400. The fourth-order valence-corrected chi connectivity index (χ4v) is 2.88. The summed E-state index contributed by atoms with van der Waals surface area (Å²) in [6.07, 6.45) is 0. The maximum absolute atomic E-state index is 13.4. The van der Waals surface area contributed by atoms with E-state index < -0.39 is 26.3 Å². The smallest absolute Gasteiger partial charge is 0.243 e. The maximum Gasteiger partial charge on any atom is 0.243 e. The van der Waals surface area contributed by atoms with Crippen molar-refractivity contribution >= 4 is 38.4 Å². The Morgan fingerprint density at radius 1 is 1.44 bits per heavy atom.